The van der Waals surface area contributed by atoms with Crippen molar-refractivity contribution in [2.24, 2.45) is 0 Å². The first-order valence-corrected chi connectivity index (χ1v) is 3.55. The molecule has 0 heterocycles. The molecule has 0 bridgehead atoms. The van der Waals surface area contributed by atoms with Crippen molar-refractivity contribution in [2.45, 2.75) is 13.3 Å². The summed E-state index contributed by atoms with van der Waals surface area (Å²) in [7, 11) is 4.28. The lowest BCUT2D eigenvalue weighted by atomic mass is 10.4. The van der Waals surface area contributed by atoms with Gasteiger partial charge in [0.25, 0.3) is 0 Å². The molecule has 0 rings (SSSR count). The Balaban J connectivity index is 0. The average molecular weight is 259 g/mol. The van der Waals surface area contributed by atoms with Gasteiger partial charge in [-0.1, -0.05) is 6.92 Å². The Morgan fingerprint density at radius 3 is 2.00 bits per heavy atom. The highest BCUT2D eigenvalue weighted by Crippen LogP contribution is 1.96. The fourth-order valence-corrected chi connectivity index (χ4v) is 0.988. The first-order chi connectivity index (χ1) is 4.12. The molecule has 0 aromatic heterocycles. The number of halogens is 1. The topological polar surface area (TPSA) is 20.2 Å². The molecule has 0 aromatic rings. The molecule has 3 heteroatoms. The highest BCUT2D eigenvalue weighted by Gasteiger charge is 2.10. The molecule has 0 aliphatic carbocycles. The highest BCUT2D eigenvalue weighted by molar-refractivity contribution is 4.30. The summed E-state index contributed by atoms with van der Waals surface area (Å²) in [5, 5.41) is 8.61. The first kappa shape index (κ1) is 13.3. The van der Waals surface area contributed by atoms with Gasteiger partial charge in [0.1, 0.15) is 6.54 Å². The number of likely N-dealkylation sites (N-methyl/N-ethyl adjacent to an activating group) is 1. The molecule has 0 spiro atoms. The quantitative estimate of drug-likeness (QED) is 0.436. The van der Waals surface area contributed by atoms with Crippen LogP contribution in [-0.2, 0) is 0 Å². The predicted octanol–water partition coefficient (Wildman–Crippen LogP) is -2.53. The Labute approximate surface area is 80.8 Å². The molecule has 0 unspecified atom stereocenters. The summed E-state index contributed by atoms with van der Waals surface area (Å²) in [6.07, 6.45) is 1.19. The number of aliphatic hydroxyl groups excluding tert-OH is 1. The van der Waals surface area contributed by atoms with Crippen LogP contribution < -0.4 is 24.0 Å². The van der Waals surface area contributed by atoms with E-state index in [9.17, 15) is 0 Å². The second kappa shape index (κ2) is 6.37. The van der Waals surface area contributed by atoms with Crippen LogP contribution in [0.3, 0.4) is 0 Å². The van der Waals surface area contributed by atoms with E-state index in [1.807, 2.05) is 0 Å². The van der Waals surface area contributed by atoms with Gasteiger partial charge in [0.15, 0.2) is 0 Å². The van der Waals surface area contributed by atoms with Gasteiger partial charge in [-0.05, 0) is 6.42 Å². The van der Waals surface area contributed by atoms with Gasteiger partial charge in [0.2, 0.25) is 0 Å². The van der Waals surface area contributed by atoms with Crippen LogP contribution in [0.4, 0.5) is 0 Å². The fraction of sp³-hybridized carbons (Fsp3) is 1.00. The summed E-state index contributed by atoms with van der Waals surface area (Å²) in [5.74, 6) is 0. The van der Waals surface area contributed by atoms with E-state index < -0.39 is 0 Å². The van der Waals surface area contributed by atoms with Gasteiger partial charge >= 0.3 is 0 Å². The summed E-state index contributed by atoms with van der Waals surface area (Å²) >= 11 is 0. The molecule has 0 saturated carbocycles. The highest BCUT2D eigenvalue weighted by atomic mass is 127. The second-order valence-corrected chi connectivity index (χ2v) is 3.11. The van der Waals surface area contributed by atoms with E-state index in [0.717, 1.165) is 17.6 Å². The molecule has 0 amide bonds. The van der Waals surface area contributed by atoms with E-state index in [1.165, 1.54) is 6.42 Å². The van der Waals surface area contributed by atoms with Crippen molar-refractivity contribution in [3.63, 3.8) is 0 Å². The smallest absolute Gasteiger partial charge is 0.102 e. The molecule has 1 N–H and O–H groups in total. The third-order valence-corrected chi connectivity index (χ3v) is 1.53. The number of rotatable bonds is 4. The van der Waals surface area contributed by atoms with E-state index >= 15 is 0 Å². The Morgan fingerprint density at radius 2 is 1.70 bits per heavy atom. The van der Waals surface area contributed by atoms with E-state index in [0.29, 0.717) is 6.61 Å². The van der Waals surface area contributed by atoms with Crippen molar-refractivity contribution in [3.05, 3.63) is 0 Å². The van der Waals surface area contributed by atoms with Gasteiger partial charge in [-0.25, -0.2) is 0 Å². The minimum absolute atomic E-state index is 0. The summed E-state index contributed by atoms with van der Waals surface area (Å²) in [4.78, 5) is 0. The molecule has 0 aliphatic rings. The van der Waals surface area contributed by atoms with Gasteiger partial charge < -0.3 is 33.6 Å². The molecule has 0 aromatic carbocycles. The van der Waals surface area contributed by atoms with Crippen LogP contribution in [0.5, 0.6) is 0 Å². The molecule has 0 aliphatic heterocycles. The van der Waals surface area contributed by atoms with Gasteiger partial charge in [-0.15, -0.1) is 0 Å². The van der Waals surface area contributed by atoms with E-state index in [4.69, 9.17) is 5.11 Å². The lowest BCUT2D eigenvalue weighted by Gasteiger charge is -2.28. The zero-order valence-corrected chi connectivity index (χ0v) is 9.26. The summed E-state index contributed by atoms with van der Waals surface area (Å²) in [6, 6.07) is 0. The zero-order chi connectivity index (χ0) is 7.33. The standard InChI is InChI=1S/C7H18NO.HI/c1-4-5-8(2,3)6-7-9;/h9H,4-7H2,1-3H3;1H/q+1;/p-1. The maximum Gasteiger partial charge on any atom is 0.102 e. The first-order valence-electron chi connectivity index (χ1n) is 3.55. The summed E-state index contributed by atoms with van der Waals surface area (Å²) < 4.78 is 0.938. The van der Waals surface area contributed by atoms with Gasteiger partial charge in [-0.2, -0.15) is 0 Å². The molecule has 0 fully saturated rings. The molecule has 2 nitrogen and oxygen atoms in total. The molecular formula is C7H18INO. The minimum Gasteiger partial charge on any atom is -1.00 e. The van der Waals surface area contributed by atoms with Crippen molar-refractivity contribution in [2.75, 3.05) is 33.8 Å². The molecule has 10 heavy (non-hydrogen) atoms. The monoisotopic (exact) mass is 259 g/mol. The molecule has 0 atom stereocenters. The lowest BCUT2D eigenvalue weighted by Crippen LogP contribution is -3.00. The van der Waals surface area contributed by atoms with Gasteiger partial charge in [0, 0.05) is 0 Å². The molecule has 64 valence electrons. The van der Waals surface area contributed by atoms with Crippen molar-refractivity contribution >= 4 is 0 Å². The van der Waals surface area contributed by atoms with Crippen LogP contribution in [0.1, 0.15) is 13.3 Å². The van der Waals surface area contributed by atoms with Crippen LogP contribution in [0.15, 0.2) is 0 Å². The Bertz CT molecular complexity index is 68.0. The van der Waals surface area contributed by atoms with Crippen LogP contribution >= 0.6 is 0 Å². The molecular weight excluding hydrogens is 241 g/mol. The van der Waals surface area contributed by atoms with Crippen LogP contribution in [0, 0.1) is 0 Å². The lowest BCUT2D eigenvalue weighted by molar-refractivity contribution is -0.890. The molecule has 0 radical (unpaired) electrons. The van der Waals surface area contributed by atoms with Crippen LogP contribution in [0.25, 0.3) is 0 Å². The predicted molar refractivity (Wildman–Crippen MR) is 39.2 cm³/mol. The SMILES string of the molecule is CCC[N+](C)(C)CCO.[I-]. The summed E-state index contributed by atoms with van der Waals surface area (Å²) in [6.45, 7) is 4.48. The Hall–Kier alpha value is 0.650. The van der Waals surface area contributed by atoms with Crippen LogP contribution in [-0.4, -0.2) is 43.4 Å². The second-order valence-electron chi connectivity index (χ2n) is 3.11. The number of hydrogen-bond donors (Lipinski definition) is 1. The maximum atomic E-state index is 8.61. The van der Waals surface area contributed by atoms with E-state index in [-0.39, 0.29) is 24.0 Å². The normalized spacial score (nSPS) is 10.8. The third kappa shape index (κ3) is 6.77. The van der Waals surface area contributed by atoms with Crippen molar-refractivity contribution < 1.29 is 33.6 Å². The van der Waals surface area contributed by atoms with E-state index in [1.54, 1.807) is 0 Å². The number of nitrogens with zero attached hydrogens (tertiary/aromatic N) is 1. The van der Waals surface area contributed by atoms with Gasteiger partial charge in [-0.3, -0.25) is 0 Å². The fourth-order valence-electron chi connectivity index (χ4n) is 0.988. The van der Waals surface area contributed by atoms with Gasteiger partial charge in [0.05, 0.1) is 27.2 Å². The number of quaternary nitrogens is 1. The average Bonchev–Trinajstić information content (AvgIpc) is 1.64. The zero-order valence-electron chi connectivity index (χ0n) is 7.10. The van der Waals surface area contributed by atoms with E-state index in [2.05, 4.69) is 21.0 Å². The van der Waals surface area contributed by atoms with Crippen molar-refractivity contribution in [1.82, 2.24) is 0 Å². The largest absolute Gasteiger partial charge is 1.00 e. The minimum atomic E-state index is 0. The molecule has 0 saturated heterocycles. The Kier molecular flexibility index (Phi) is 8.44. The van der Waals surface area contributed by atoms with Crippen molar-refractivity contribution in [3.8, 4) is 0 Å². The van der Waals surface area contributed by atoms with Crippen molar-refractivity contribution in [1.29, 1.82) is 0 Å². The Morgan fingerprint density at radius 1 is 1.20 bits per heavy atom. The summed E-state index contributed by atoms with van der Waals surface area (Å²) in [5.41, 5.74) is 0. The number of hydrogen-bond acceptors (Lipinski definition) is 1. The maximum absolute atomic E-state index is 8.61. The third-order valence-electron chi connectivity index (χ3n) is 1.53. The van der Waals surface area contributed by atoms with Crippen LogP contribution in [0.2, 0.25) is 0 Å². The number of aliphatic hydroxyl groups is 1.